The van der Waals surface area contributed by atoms with Crippen molar-refractivity contribution in [3.63, 3.8) is 0 Å². The number of unbranched alkanes of at least 4 members (excludes halogenated alkanes) is 5. The number of para-hydroxylation sites is 2. The van der Waals surface area contributed by atoms with E-state index < -0.39 is 6.36 Å². The summed E-state index contributed by atoms with van der Waals surface area (Å²) in [6.45, 7) is 1.11. The number of hydrogen-bond acceptors (Lipinski definition) is 3. The number of hydrogen-bond donors (Lipinski definition) is 1. The molecule has 3 nitrogen and oxygen atoms in total. The van der Waals surface area contributed by atoms with Crippen LogP contribution >= 0.6 is 0 Å². The highest BCUT2D eigenvalue weighted by atomic mass is 19.4. The first-order valence-corrected chi connectivity index (χ1v) is 7.20. The third-order valence-corrected chi connectivity index (χ3v) is 2.93. The van der Waals surface area contributed by atoms with Gasteiger partial charge in [0.05, 0.1) is 6.61 Å². The summed E-state index contributed by atoms with van der Waals surface area (Å²) in [5, 5.41) is 0. The molecule has 21 heavy (non-hydrogen) atoms. The Morgan fingerprint density at radius 3 is 2.05 bits per heavy atom. The summed E-state index contributed by atoms with van der Waals surface area (Å²) >= 11 is 0. The van der Waals surface area contributed by atoms with Crippen LogP contribution in [0.2, 0.25) is 0 Å². The minimum Gasteiger partial charge on any atom is -0.490 e. The molecule has 0 unspecified atom stereocenters. The van der Waals surface area contributed by atoms with Gasteiger partial charge in [-0.2, -0.15) is 0 Å². The molecular weight excluding hydrogens is 283 g/mol. The Morgan fingerprint density at radius 1 is 0.857 bits per heavy atom. The fourth-order valence-corrected chi connectivity index (χ4v) is 1.91. The van der Waals surface area contributed by atoms with Crippen LogP contribution in [0.4, 0.5) is 13.2 Å². The van der Waals surface area contributed by atoms with E-state index in [-0.39, 0.29) is 11.5 Å². The highest BCUT2D eigenvalue weighted by Gasteiger charge is 2.32. The number of nitrogens with two attached hydrogens (primary N) is 1. The zero-order chi connectivity index (χ0) is 15.6. The fourth-order valence-electron chi connectivity index (χ4n) is 1.91. The maximum Gasteiger partial charge on any atom is 0.573 e. The van der Waals surface area contributed by atoms with Crippen LogP contribution in [0, 0.1) is 0 Å². The molecule has 0 bridgehead atoms. The lowest BCUT2D eigenvalue weighted by atomic mass is 10.1. The first kappa shape index (κ1) is 17.6. The van der Waals surface area contributed by atoms with Crippen LogP contribution < -0.4 is 15.2 Å². The number of benzene rings is 1. The van der Waals surface area contributed by atoms with Gasteiger partial charge in [-0.25, -0.2) is 0 Å². The zero-order valence-electron chi connectivity index (χ0n) is 12.0. The second kappa shape index (κ2) is 9.50. The van der Waals surface area contributed by atoms with Crippen LogP contribution in [0.25, 0.3) is 0 Å². The van der Waals surface area contributed by atoms with E-state index in [0.29, 0.717) is 6.61 Å². The molecule has 0 aliphatic rings. The maximum absolute atomic E-state index is 12.2. The van der Waals surface area contributed by atoms with E-state index >= 15 is 0 Å². The van der Waals surface area contributed by atoms with Gasteiger partial charge in [0.15, 0.2) is 11.5 Å². The van der Waals surface area contributed by atoms with Gasteiger partial charge in [0.1, 0.15) is 0 Å². The molecule has 0 aromatic heterocycles. The summed E-state index contributed by atoms with van der Waals surface area (Å²) in [7, 11) is 0. The van der Waals surface area contributed by atoms with E-state index in [1.165, 1.54) is 18.2 Å². The fraction of sp³-hybridized carbons (Fsp3) is 0.600. The van der Waals surface area contributed by atoms with Gasteiger partial charge in [0.2, 0.25) is 0 Å². The molecule has 0 aliphatic heterocycles. The van der Waals surface area contributed by atoms with Crippen molar-refractivity contribution in [2.45, 2.75) is 44.9 Å². The standard InChI is InChI=1S/C15H22F3NO2/c16-15(17,18)21-14-10-6-5-9-13(14)20-12-8-4-2-1-3-7-11-19/h5-6,9-10H,1-4,7-8,11-12,19H2. The van der Waals surface area contributed by atoms with E-state index in [0.717, 1.165) is 45.1 Å². The zero-order valence-corrected chi connectivity index (χ0v) is 12.0. The molecule has 0 heterocycles. The van der Waals surface area contributed by atoms with Crippen molar-refractivity contribution in [1.82, 2.24) is 0 Å². The molecule has 0 aliphatic carbocycles. The summed E-state index contributed by atoms with van der Waals surface area (Å²) in [5.41, 5.74) is 5.40. The quantitative estimate of drug-likeness (QED) is 0.657. The van der Waals surface area contributed by atoms with Crippen molar-refractivity contribution in [2.75, 3.05) is 13.2 Å². The molecular formula is C15H22F3NO2. The van der Waals surface area contributed by atoms with Crippen molar-refractivity contribution in [3.05, 3.63) is 24.3 Å². The average Bonchev–Trinajstić information content (AvgIpc) is 2.42. The Balaban J connectivity index is 2.26. The lowest BCUT2D eigenvalue weighted by Crippen LogP contribution is -2.17. The third kappa shape index (κ3) is 8.45. The molecule has 1 rings (SSSR count). The Morgan fingerprint density at radius 2 is 1.43 bits per heavy atom. The molecule has 1 aromatic rings. The molecule has 2 N–H and O–H groups in total. The Labute approximate surface area is 123 Å². The topological polar surface area (TPSA) is 44.5 Å². The molecule has 0 amide bonds. The van der Waals surface area contributed by atoms with Crippen molar-refractivity contribution in [3.8, 4) is 11.5 Å². The predicted molar refractivity (Wildman–Crippen MR) is 75.4 cm³/mol. The smallest absolute Gasteiger partial charge is 0.490 e. The molecule has 0 atom stereocenters. The summed E-state index contributed by atoms with van der Waals surface area (Å²) in [5.74, 6) is -0.175. The monoisotopic (exact) mass is 305 g/mol. The Kier molecular flexibility index (Phi) is 7.97. The second-order valence-electron chi connectivity index (χ2n) is 4.75. The van der Waals surface area contributed by atoms with E-state index in [1.807, 2.05) is 0 Å². The summed E-state index contributed by atoms with van der Waals surface area (Å²) in [4.78, 5) is 0. The molecule has 1 aromatic carbocycles. The molecule has 0 saturated carbocycles. The number of halogens is 3. The van der Waals surface area contributed by atoms with Crippen LogP contribution in [0.5, 0.6) is 11.5 Å². The SMILES string of the molecule is NCCCCCCCCOc1ccccc1OC(F)(F)F. The molecule has 120 valence electrons. The van der Waals surface area contributed by atoms with Crippen molar-refractivity contribution in [2.24, 2.45) is 5.73 Å². The Bertz CT molecular complexity index is 397. The summed E-state index contributed by atoms with van der Waals surface area (Å²) in [6, 6.07) is 5.81. The van der Waals surface area contributed by atoms with Crippen LogP contribution in [0.3, 0.4) is 0 Å². The Hall–Kier alpha value is -1.43. The van der Waals surface area contributed by atoms with Gasteiger partial charge in [-0.05, 0) is 31.5 Å². The molecule has 6 heteroatoms. The van der Waals surface area contributed by atoms with Gasteiger partial charge in [0.25, 0.3) is 0 Å². The van der Waals surface area contributed by atoms with Gasteiger partial charge in [-0.3, -0.25) is 0 Å². The highest BCUT2D eigenvalue weighted by molar-refractivity contribution is 5.39. The van der Waals surface area contributed by atoms with Crippen molar-refractivity contribution >= 4 is 0 Å². The van der Waals surface area contributed by atoms with E-state index in [1.54, 1.807) is 6.07 Å². The van der Waals surface area contributed by atoms with Crippen LogP contribution in [0.1, 0.15) is 38.5 Å². The number of ether oxygens (including phenoxy) is 2. The van der Waals surface area contributed by atoms with Gasteiger partial charge >= 0.3 is 6.36 Å². The molecule has 0 spiro atoms. The minimum absolute atomic E-state index is 0.123. The van der Waals surface area contributed by atoms with Crippen LogP contribution in [0.15, 0.2) is 24.3 Å². The average molecular weight is 305 g/mol. The first-order valence-electron chi connectivity index (χ1n) is 7.20. The normalized spacial score (nSPS) is 11.4. The van der Waals surface area contributed by atoms with Crippen molar-refractivity contribution < 1.29 is 22.6 Å². The maximum atomic E-state index is 12.2. The lowest BCUT2D eigenvalue weighted by Gasteiger charge is -2.13. The third-order valence-electron chi connectivity index (χ3n) is 2.93. The van der Waals surface area contributed by atoms with Gasteiger partial charge < -0.3 is 15.2 Å². The van der Waals surface area contributed by atoms with Gasteiger partial charge in [-0.1, -0.05) is 37.8 Å². The van der Waals surface area contributed by atoms with Gasteiger partial charge in [-0.15, -0.1) is 13.2 Å². The van der Waals surface area contributed by atoms with E-state index in [2.05, 4.69) is 4.74 Å². The van der Waals surface area contributed by atoms with E-state index in [4.69, 9.17) is 10.5 Å². The summed E-state index contributed by atoms with van der Waals surface area (Å²) in [6.07, 6.45) is 1.48. The lowest BCUT2D eigenvalue weighted by molar-refractivity contribution is -0.275. The predicted octanol–water partition coefficient (Wildman–Crippen LogP) is 4.26. The van der Waals surface area contributed by atoms with Crippen LogP contribution in [-0.4, -0.2) is 19.5 Å². The number of rotatable bonds is 10. The van der Waals surface area contributed by atoms with Crippen LogP contribution in [-0.2, 0) is 0 Å². The molecule has 0 fully saturated rings. The molecule has 0 saturated heterocycles. The largest absolute Gasteiger partial charge is 0.573 e. The van der Waals surface area contributed by atoms with Gasteiger partial charge in [0, 0.05) is 0 Å². The second-order valence-corrected chi connectivity index (χ2v) is 4.75. The minimum atomic E-state index is -4.71. The van der Waals surface area contributed by atoms with Crippen molar-refractivity contribution in [1.29, 1.82) is 0 Å². The summed E-state index contributed by atoms with van der Waals surface area (Å²) < 4.78 is 46.0. The molecule has 0 radical (unpaired) electrons. The van der Waals surface area contributed by atoms with E-state index in [9.17, 15) is 13.2 Å². The number of alkyl halides is 3. The first-order chi connectivity index (χ1) is 10.0. The highest BCUT2D eigenvalue weighted by Crippen LogP contribution is 2.31.